The Morgan fingerprint density at radius 3 is 3.08 bits per heavy atom. The van der Waals surface area contributed by atoms with E-state index in [0.717, 1.165) is 17.0 Å². The van der Waals surface area contributed by atoms with Crippen LogP contribution in [0.25, 0.3) is 0 Å². The maximum Gasteiger partial charge on any atom is 0.267 e. The van der Waals surface area contributed by atoms with Crippen LogP contribution in [0.1, 0.15) is 25.3 Å². The van der Waals surface area contributed by atoms with Gasteiger partial charge in [-0.05, 0) is 24.1 Å². The van der Waals surface area contributed by atoms with E-state index in [1.54, 1.807) is 12.0 Å². The first-order valence-corrected chi connectivity index (χ1v) is 8.55. The Labute approximate surface area is 147 Å². The largest absolute Gasteiger partial charge is 0.497 e. The topological polar surface area (TPSA) is 80.2 Å². The molecule has 1 aromatic carbocycles. The zero-order valence-electron chi connectivity index (χ0n) is 14.5. The number of nitrogens with one attached hydrogen (secondary N) is 1. The van der Waals surface area contributed by atoms with Crippen molar-refractivity contribution in [1.82, 2.24) is 10.2 Å². The Kier molecular flexibility index (Phi) is 5.21. The minimum absolute atomic E-state index is 0.0994. The zero-order chi connectivity index (χ0) is 17.8. The number of methoxy groups -OCH3 is 1. The summed E-state index contributed by atoms with van der Waals surface area (Å²) in [4.78, 5) is 31.7. The van der Waals surface area contributed by atoms with Crippen molar-refractivity contribution in [3.63, 3.8) is 0 Å². The van der Waals surface area contributed by atoms with E-state index >= 15 is 0 Å². The molecule has 2 atom stereocenters. The summed E-state index contributed by atoms with van der Waals surface area (Å²) in [6.07, 6.45) is 1.01. The van der Waals surface area contributed by atoms with Crippen LogP contribution in [0, 0.1) is 0 Å². The summed E-state index contributed by atoms with van der Waals surface area (Å²) in [5.41, 5.74) is 1.87. The van der Waals surface area contributed by atoms with Gasteiger partial charge in [-0.1, -0.05) is 24.2 Å². The molecule has 0 bridgehead atoms. The highest BCUT2D eigenvalue weighted by Gasteiger charge is 2.38. The van der Waals surface area contributed by atoms with Gasteiger partial charge in [-0.3, -0.25) is 9.59 Å². The summed E-state index contributed by atoms with van der Waals surface area (Å²) in [6, 6.07) is 7.31. The predicted molar refractivity (Wildman–Crippen MR) is 92.4 cm³/mol. The van der Waals surface area contributed by atoms with E-state index in [0.29, 0.717) is 32.4 Å². The summed E-state index contributed by atoms with van der Waals surface area (Å²) >= 11 is 0. The summed E-state index contributed by atoms with van der Waals surface area (Å²) in [5, 5.41) is 6.88. The average molecular weight is 345 g/mol. The molecule has 25 heavy (non-hydrogen) atoms. The molecule has 2 amide bonds. The van der Waals surface area contributed by atoms with Crippen LogP contribution in [0.15, 0.2) is 29.4 Å². The Morgan fingerprint density at radius 1 is 1.48 bits per heavy atom. The number of rotatable bonds is 5. The number of ether oxygens (including phenoxy) is 1. The summed E-state index contributed by atoms with van der Waals surface area (Å²) in [6.45, 7) is 2.88. The minimum atomic E-state index is -0.638. The molecule has 2 aliphatic rings. The Bertz CT molecular complexity index is 689. The highest BCUT2D eigenvalue weighted by Crippen LogP contribution is 2.21. The molecular weight excluding hydrogens is 322 g/mol. The van der Waals surface area contributed by atoms with Gasteiger partial charge in [0.2, 0.25) is 12.0 Å². The van der Waals surface area contributed by atoms with Crippen molar-refractivity contribution in [3.05, 3.63) is 29.8 Å². The number of carbonyl (C=O) groups excluding carboxylic acids is 2. The molecule has 7 heteroatoms. The molecular formula is C18H23N3O4. The van der Waals surface area contributed by atoms with Crippen LogP contribution < -0.4 is 10.1 Å². The molecule has 134 valence electrons. The minimum Gasteiger partial charge on any atom is -0.497 e. The van der Waals surface area contributed by atoms with Crippen molar-refractivity contribution >= 4 is 17.5 Å². The van der Waals surface area contributed by atoms with E-state index in [-0.39, 0.29) is 11.8 Å². The molecule has 1 N–H and O–H groups in total. The second-order valence-electron chi connectivity index (χ2n) is 6.23. The smallest absolute Gasteiger partial charge is 0.267 e. The summed E-state index contributed by atoms with van der Waals surface area (Å²) in [5.74, 6) is 0.526. The van der Waals surface area contributed by atoms with Gasteiger partial charge < -0.3 is 19.8 Å². The van der Waals surface area contributed by atoms with Crippen molar-refractivity contribution < 1.29 is 19.2 Å². The van der Waals surface area contributed by atoms with Gasteiger partial charge in [-0.25, -0.2) is 0 Å². The van der Waals surface area contributed by atoms with Gasteiger partial charge in [0.05, 0.1) is 12.8 Å². The van der Waals surface area contributed by atoms with Crippen molar-refractivity contribution in [2.45, 2.75) is 38.3 Å². The van der Waals surface area contributed by atoms with E-state index in [2.05, 4.69) is 10.5 Å². The molecule has 7 nitrogen and oxygen atoms in total. The van der Waals surface area contributed by atoms with Gasteiger partial charge in [-0.2, -0.15) is 0 Å². The maximum absolute atomic E-state index is 12.7. The fraction of sp³-hybridized carbons (Fsp3) is 0.500. The van der Waals surface area contributed by atoms with Crippen LogP contribution in [-0.2, 0) is 20.8 Å². The molecule has 2 unspecified atom stereocenters. The predicted octanol–water partition coefficient (Wildman–Crippen LogP) is 1.12. The quantitative estimate of drug-likeness (QED) is 0.867. The number of hydrogen-bond donors (Lipinski definition) is 1. The monoisotopic (exact) mass is 345 g/mol. The van der Waals surface area contributed by atoms with E-state index < -0.39 is 12.1 Å². The number of amides is 2. The number of piperazine rings is 1. The highest BCUT2D eigenvalue weighted by molar-refractivity contribution is 5.96. The number of nitrogens with zero attached hydrogens (tertiary/aromatic N) is 2. The van der Waals surface area contributed by atoms with E-state index in [1.807, 2.05) is 31.2 Å². The molecule has 1 saturated heterocycles. The molecule has 1 fully saturated rings. The Morgan fingerprint density at radius 2 is 2.32 bits per heavy atom. The lowest BCUT2D eigenvalue weighted by atomic mass is 10.0. The number of oxime groups is 1. The molecule has 2 heterocycles. The van der Waals surface area contributed by atoms with Crippen molar-refractivity contribution in [1.29, 1.82) is 0 Å². The Hall–Kier alpha value is -2.57. The number of carbonyl (C=O) groups is 2. The van der Waals surface area contributed by atoms with Gasteiger partial charge in [-0.15, -0.1) is 0 Å². The van der Waals surface area contributed by atoms with Crippen molar-refractivity contribution in [3.8, 4) is 5.75 Å². The number of hydrogen-bond acceptors (Lipinski definition) is 5. The second kappa shape index (κ2) is 7.55. The van der Waals surface area contributed by atoms with Crippen LogP contribution in [0.2, 0.25) is 0 Å². The van der Waals surface area contributed by atoms with Crippen LogP contribution >= 0.6 is 0 Å². The van der Waals surface area contributed by atoms with E-state index in [4.69, 9.17) is 9.57 Å². The zero-order valence-corrected chi connectivity index (χ0v) is 14.5. The lowest BCUT2D eigenvalue weighted by Crippen LogP contribution is -2.58. The second-order valence-corrected chi connectivity index (χ2v) is 6.23. The van der Waals surface area contributed by atoms with Crippen LogP contribution in [0.5, 0.6) is 5.75 Å². The van der Waals surface area contributed by atoms with Crippen LogP contribution in [-0.4, -0.2) is 54.8 Å². The average Bonchev–Trinajstić information content (AvgIpc) is 3.09. The molecule has 1 aromatic rings. The third-order valence-electron chi connectivity index (χ3n) is 4.55. The highest BCUT2D eigenvalue weighted by atomic mass is 16.6. The third kappa shape index (κ3) is 3.75. The van der Waals surface area contributed by atoms with Crippen LogP contribution in [0.4, 0.5) is 0 Å². The van der Waals surface area contributed by atoms with Gasteiger partial charge in [0, 0.05) is 25.9 Å². The number of benzene rings is 1. The summed E-state index contributed by atoms with van der Waals surface area (Å²) < 4.78 is 5.22. The Balaban J connectivity index is 1.61. The lowest BCUT2D eigenvalue weighted by molar-refractivity contribution is -0.151. The first kappa shape index (κ1) is 17.3. The maximum atomic E-state index is 12.7. The van der Waals surface area contributed by atoms with E-state index in [1.165, 1.54) is 0 Å². The molecule has 0 radical (unpaired) electrons. The third-order valence-corrected chi connectivity index (χ3v) is 4.55. The SMILES string of the molecule is CCC1C(=O)NCCN1C(=O)C1CC(Cc2cccc(OC)c2)=NO1. The van der Waals surface area contributed by atoms with Gasteiger partial charge in [0.25, 0.3) is 5.91 Å². The first-order valence-electron chi connectivity index (χ1n) is 8.55. The first-order chi connectivity index (χ1) is 12.1. The van der Waals surface area contributed by atoms with Crippen molar-refractivity contribution in [2.75, 3.05) is 20.2 Å². The van der Waals surface area contributed by atoms with Crippen LogP contribution in [0.3, 0.4) is 0 Å². The fourth-order valence-electron chi connectivity index (χ4n) is 3.25. The van der Waals surface area contributed by atoms with Gasteiger partial charge in [0.15, 0.2) is 0 Å². The van der Waals surface area contributed by atoms with Gasteiger partial charge in [0.1, 0.15) is 11.8 Å². The lowest BCUT2D eigenvalue weighted by Gasteiger charge is -2.35. The van der Waals surface area contributed by atoms with E-state index in [9.17, 15) is 9.59 Å². The molecule has 0 spiro atoms. The molecule has 0 saturated carbocycles. The molecule has 0 aliphatic carbocycles. The molecule has 2 aliphatic heterocycles. The normalized spacial score (nSPS) is 22.9. The van der Waals surface area contributed by atoms with Crippen molar-refractivity contribution in [2.24, 2.45) is 5.16 Å². The standard InChI is InChI=1S/C18H23N3O4/c1-3-15-17(22)19-7-8-21(15)18(23)16-11-13(20-25-16)9-12-5-4-6-14(10-12)24-2/h4-6,10,15-16H,3,7-9,11H2,1-2H3,(H,19,22). The fourth-order valence-corrected chi connectivity index (χ4v) is 3.25. The van der Waals surface area contributed by atoms with Gasteiger partial charge >= 0.3 is 0 Å². The molecule has 3 rings (SSSR count). The molecule has 0 aromatic heterocycles. The summed E-state index contributed by atoms with van der Waals surface area (Å²) in [7, 11) is 1.63.